The molecule has 46 heavy (non-hydrogen) atoms. The minimum Gasteiger partial charge on any atom is -0.369 e. The van der Waals surface area contributed by atoms with Crippen molar-refractivity contribution in [1.29, 1.82) is 5.26 Å². The summed E-state index contributed by atoms with van der Waals surface area (Å²) in [6.45, 7) is 6.40. The summed E-state index contributed by atoms with van der Waals surface area (Å²) in [6.07, 6.45) is 3.75. The molecule has 0 saturated carbocycles. The summed E-state index contributed by atoms with van der Waals surface area (Å²) in [5.41, 5.74) is 2.03. The quantitative estimate of drug-likeness (QED) is 0.227. The molecule has 0 bridgehead atoms. The Bertz CT molecular complexity index is 1860. The van der Waals surface area contributed by atoms with Gasteiger partial charge in [-0.2, -0.15) is 10.4 Å². The summed E-state index contributed by atoms with van der Waals surface area (Å²) in [5.74, 6) is 4.35. The van der Waals surface area contributed by atoms with Gasteiger partial charge in [-0.3, -0.25) is 38.9 Å². The standard InChI is InChI=1S/C33H30ClN7O5/c1-20-4-7-26(13-27(20)31(45)40(19-42)28-8-9-29(43)38-30(28)44)39-16-22(17-39)6-5-21-15-36-41(18-21)33(2,3)32(46)37-25-11-23(14-35)10-24(34)12-25/h4,7,10-13,15,18-19,22,28H,8-9,16-17H2,1-3H3,(H,37,46)(H,38,43,44). The third-order valence-electron chi connectivity index (χ3n) is 8.01. The van der Waals surface area contributed by atoms with E-state index in [4.69, 9.17) is 11.6 Å². The highest BCUT2D eigenvalue weighted by molar-refractivity contribution is 6.31. The van der Waals surface area contributed by atoms with Gasteiger partial charge in [0, 0.05) is 47.7 Å². The number of aromatic nitrogens is 2. The molecule has 2 saturated heterocycles. The molecule has 2 aromatic carbocycles. The van der Waals surface area contributed by atoms with Crippen LogP contribution in [0.25, 0.3) is 0 Å². The predicted octanol–water partition coefficient (Wildman–Crippen LogP) is 2.98. The van der Waals surface area contributed by atoms with Crippen molar-refractivity contribution < 1.29 is 24.0 Å². The minimum absolute atomic E-state index is 0.0476. The smallest absolute Gasteiger partial charge is 0.261 e. The maximum Gasteiger partial charge on any atom is 0.261 e. The number of anilines is 2. The number of nitrogens with one attached hydrogen (secondary N) is 2. The van der Waals surface area contributed by atoms with Crippen molar-refractivity contribution in [2.75, 3.05) is 23.3 Å². The second kappa shape index (κ2) is 12.9. The fourth-order valence-corrected chi connectivity index (χ4v) is 5.40. The van der Waals surface area contributed by atoms with E-state index < -0.39 is 29.3 Å². The van der Waals surface area contributed by atoms with Gasteiger partial charge in [0.15, 0.2) is 0 Å². The van der Waals surface area contributed by atoms with Gasteiger partial charge in [-0.25, -0.2) is 0 Å². The Morgan fingerprint density at radius 2 is 1.93 bits per heavy atom. The number of halogens is 1. The second-order valence-electron chi connectivity index (χ2n) is 11.7. The zero-order valence-corrected chi connectivity index (χ0v) is 26.1. The van der Waals surface area contributed by atoms with Gasteiger partial charge in [-0.05, 0) is 63.1 Å². The Hall–Kier alpha value is -5.46. The SMILES string of the molecule is Cc1ccc(N2CC(C#Cc3cnn(C(C)(C)C(=O)Nc4cc(Cl)cc(C#N)c4)c3)C2)cc1C(=O)N(C=O)C1CCC(=O)NC1=O. The molecular weight excluding hydrogens is 610 g/mol. The molecule has 0 spiro atoms. The lowest BCUT2D eigenvalue weighted by atomic mass is 9.97. The van der Waals surface area contributed by atoms with Crippen molar-refractivity contribution in [3.05, 3.63) is 76.1 Å². The van der Waals surface area contributed by atoms with E-state index in [1.807, 2.05) is 12.1 Å². The van der Waals surface area contributed by atoms with Gasteiger partial charge >= 0.3 is 0 Å². The number of benzene rings is 2. The summed E-state index contributed by atoms with van der Waals surface area (Å²) in [6, 6.07) is 11.0. The van der Waals surface area contributed by atoms with Gasteiger partial charge in [0.1, 0.15) is 11.6 Å². The maximum absolute atomic E-state index is 13.3. The van der Waals surface area contributed by atoms with Gasteiger partial charge in [0.2, 0.25) is 18.2 Å². The predicted molar refractivity (Wildman–Crippen MR) is 169 cm³/mol. The minimum atomic E-state index is -1.07. The van der Waals surface area contributed by atoms with Crippen molar-refractivity contribution in [3.8, 4) is 17.9 Å². The lowest BCUT2D eigenvalue weighted by molar-refractivity contribution is -0.139. The van der Waals surface area contributed by atoms with Crippen LogP contribution in [0, 0.1) is 36.0 Å². The molecule has 1 atom stereocenters. The van der Waals surface area contributed by atoms with Crippen LogP contribution in [-0.2, 0) is 24.7 Å². The number of aryl methyl sites for hydroxylation is 1. The Balaban J connectivity index is 1.21. The molecule has 12 nitrogen and oxygen atoms in total. The van der Waals surface area contributed by atoms with Crippen LogP contribution in [0.5, 0.6) is 0 Å². The summed E-state index contributed by atoms with van der Waals surface area (Å²) in [7, 11) is 0. The van der Waals surface area contributed by atoms with Crippen LogP contribution in [-0.4, -0.2) is 63.9 Å². The fraction of sp³-hybridized carbons (Fsp3) is 0.303. The Morgan fingerprint density at radius 1 is 1.17 bits per heavy atom. The third-order valence-corrected chi connectivity index (χ3v) is 8.23. The number of nitrogens with zero attached hydrogens (tertiary/aromatic N) is 5. The average molecular weight is 640 g/mol. The topological polar surface area (TPSA) is 158 Å². The first-order valence-corrected chi connectivity index (χ1v) is 14.8. The van der Waals surface area contributed by atoms with Crippen molar-refractivity contribution in [3.63, 3.8) is 0 Å². The summed E-state index contributed by atoms with van der Waals surface area (Å²) in [4.78, 5) is 65.0. The molecule has 2 aliphatic rings. The highest BCUT2D eigenvalue weighted by atomic mass is 35.5. The number of carbonyl (C=O) groups is 5. The number of rotatable bonds is 7. The second-order valence-corrected chi connectivity index (χ2v) is 12.1. The van der Waals surface area contributed by atoms with E-state index in [0.29, 0.717) is 52.5 Å². The fourth-order valence-electron chi connectivity index (χ4n) is 5.16. The van der Waals surface area contributed by atoms with E-state index in [0.717, 1.165) is 10.6 Å². The van der Waals surface area contributed by atoms with Crippen molar-refractivity contribution in [2.24, 2.45) is 5.92 Å². The lowest BCUT2D eigenvalue weighted by Gasteiger charge is -2.38. The van der Waals surface area contributed by atoms with Crippen molar-refractivity contribution in [1.82, 2.24) is 20.0 Å². The van der Waals surface area contributed by atoms with Crippen LogP contribution < -0.4 is 15.5 Å². The van der Waals surface area contributed by atoms with E-state index in [1.165, 1.54) is 10.7 Å². The largest absolute Gasteiger partial charge is 0.369 e. The van der Waals surface area contributed by atoms with E-state index in [-0.39, 0.29) is 24.7 Å². The number of hydrogen-bond donors (Lipinski definition) is 2. The molecule has 5 amide bonds. The number of imide groups is 2. The Labute approximate surface area is 270 Å². The number of hydrogen-bond acceptors (Lipinski definition) is 8. The van der Waals surface area contributed by atoms with Crippen LogP contribution >= 0.6 is 11.6 Å². The van der Waals surface area contributed by atoms with E-state index in [2.05, 4.69) is 32.5 Å². The van der Waals surface area contributed by atoms with Crippen molar-refractivity contribution in [2.45, 2.75) is 45.2 Å². The van der Waals surface area contributed by atoms with Crippen molar-refractivity contribution >= 4 is 53.0 Å². The van der Waals surface area contributed by atoms with Crippen LogP contribution in [0.4, 0.5) is 11.4 Å². The van der Waals surface area contributed by atoms with Crippen LogP contribution in [0.15, 0.2) is 48.8 Å². The van der Waals surface area contributed by atoms with Crippen LogP contribution in [0.3, 0.4) is 0 Å². The van der Waals surface area contributed by atoms with Gasteiger partial charge in [-0.1, -0.05) is 29.5 Å². The van der Waals surface area contributed by atoms with Gasteiger partial charge < -0.3 is 10.2 Å². The zero-order chi connectivity index (χ0) is 33.2. The van der Waals surface area contributed by atoms with E-state index in [9.17, 15) is 29.2 Å². The first kappa shape index (κ1) is 31.9. The monoisotopic (exact) mass is 639 g/mol. The Kier molecular flexibility index (Phi) is 8.94. The molecule has 2 N–H and O–H groups in total. The molecule has 5 rings (SSSR count). The van der Waals surface area contributed by atoms with E-state index in [1.54, 1.807) is 57.4 Å². The third kappa shape index (κ3) is 6.63. The molecule has 13 heteroatoms. The number of piperidine rings is 1. The van der Waals surface area contributed by atoms with Gasteiger partial charge in [0.25, 0.3) is 11.8 Å². The van der Waals surface area contributed by atoms with Crippen LogP contribution in [0.1, 0.15) is 53.7 Å². The van der Waals surface area contributed by atoms with Gasteiger partial charge in [-0.15, -0.1) is 0 Å². The molecule has 3 aromatic rings. The average Bonchev–Trinajstić information content (AvgIpc) is 3.48. The van der Waals surface area contributed by atoms with Gasteiger partial charge in [0.05, 0.1) is 29.3 Å². The zero-order valence-electron chi connectivity index (χ0n) is 25.3. The molecule has 0 aliphatic carbocycles. The molecule has 1 unspecified atom stereocenters. The molecule has 3 heterocycles. The highest BCUT2D eigenvalue weighted by Gasteiger charge is 2.36. The summed E-state index contributed by atoms with van der Waals surface area (Å²) < 4.78 is 1.53. The molecule has 0 radical (unpaired) electrons. The molecule has 234 valence electrons. The first-order chi connectivity index (χ1) is 21.9. The number of nitriles is 1. The maximum atomic E-state index is 13.3. The first-order valence-electron chi connectivity index (χ1n) is 14.5. The Morgan fingerprint density at radius 3 is 2.63 bits per heavy atom. The lowest BCUT2D eigenvalue weighted by Crippen LogP contribution is -2.54. The molecule has 1 aromatic heterocycles. The molecule has 2 fully saturated rings. The number of carbonyl (C=O) groups excluding carboxylic acids is 5. The summed E-state index contributed by atoms with van der Waals surface area (Å²) in [5, 5.41) is 18.8. The number of amides is 5. The molecule has 2 aliphatic heterocycles. The summed E-state index contributed by atoms with van der Waals surface area (Å²) >= 11 is 6.06. The normalized spacial score (nSPS) is 16.3. The molecular formula is C33H30ClN7O5. The van der Waals surface area contributed by atoms with E-state index >= 15 is 0 Å². The van der Waals surface area contributed by atoms with Crippen LogP contribution in [0.2, 0.25) is 5.02 Å². The highest BCUT2D eigenvalue weighted by Crippen LogP contribution is 2.28.